The minimum Gasteiger partial charge on any atom is -0.468 e. The van der Waals surface area contributed by atoms with Crippen molar-refractivity contribution in [1.29, 1.82) is 0 Å². The smallest absolute Gasteiger partial charge is 0.316 e. The lowest BCUT2D eigenvalue weighted by Gasteiger charge is -2.27. The molecule has 0 heterocycles. The number of hydrogen-bond acceptors (Lipinski definition) is 5. The maximum atomic E-state index is 11.1. The van der Waals surface area contributed by atoms with Gasteiger partial charge in [-0.2, -0.15) is 0 Å². The van der Waals surface area contributed by atoms with Gasteiger partial charge in [0.25, 0.3) is 0 Å². The predicted molar refractivity (Wildman–Crippen MR) is 39.0 cm³/mol. The molecule has 5 nitrogen and oxygen atoms in total. The number of methoxy groups -OCH3 is 1. The summed E-state index contributed by atoms with van der Waals surface area (Å²) >= 11 is 0. The van der Waals surface area contributed by atoms with E-state index in [1.807, 2.05) is 0 Å². The summed E-state index contributed by atoms with van der Waals surface area (Å²) in [7, 11) is 1.30. The zero-order valence-electron chi connectivity index (χ0n) is 6.46. The fourth-order valence-electron chi connectivity index (χ4n) is 1.13. The maximum absolute atomic E-state index is 11.1. The van der Waals surface area contributed by atoms with Crippen LogP contribution in [0.25, 0.3) is 0 Å². The van der Waals surface area contributed by atoms with Gasteiger partial charge >= 0.3 is 5.97 Å². The second kappa shape index (κ2) is 2.17. The van der Waals surface area contributed by atoms with Crippen molar-refractivity contribution < 1.29 is 9.53 Å². The van der Waals surface area contributed by atoms with Crippen molar-refractivity contribution in [2.75, 3.05) is 7.11 Å². The number of esters is 1. The van der Waals surface area contributed by atoms with Gasteiger partial charge in [-0.25, -0.2) is 0 Å². The minimum absolute atomic E-state index is 0.412. The van der Waals surface area contributed by atoms with E-state index in [0.29, 0.717) is 12.8 Å². The Labute approximate surface area is 64.9 Å². The average Bonchev–Trinajstić information content (AvgIpc) is 2.63. The summed E-state index contributed by atoms with van der Waals surface area (Å²) in [6.07, 6.45) is 1.23. The Kier molecular flexibility index (Phi) is 1.66. The monoisotopic (exact) mass is 159 g/mol. The molecule has 1 aliphatic carbocycles. The summed E-state index contributed by atoms with van der Waals surface area (Å²) in [5.41, 5.74) is 15.4. The molecule has 0 spiro atoms. The van der Waals surface area contributed by atoms with Crippen molar-refractivity contribution in [3.63, 3.8) is 0 Å². The Morgan fingerprint density at radius 3 is 2.00 bits per heavy atom. The highest BCUT2D eigenvalue weighted by Gasteiger charge is 2.61. The molecule has 0 radical (unpaired) electrons. The van der Waals surface area contributed by atoms with Crippen molar-refractivity contribution in [3.8, 4) is 0 Å². The third-order valence-electron chi connectivity index (χ3n) is 2.16. The maximum Gasteiger partial charge on any atom is 0.316 e. The number of hydrogen-bond donors (Lipinski definition) is 3. The van der Waals surface area contributed by atoms with Crippen molar-refractivity contribution in [3.05, 3.63) is 0 Å². The molecule has 6 N–H and O–H groups in total. The van der Waals surface area contributed by atoms with E-state index in [-0.39, 0.29) is 0 Å². The Bertz CT molecular complexity index is 181. The van der Waals surface area contributed by atoms with Crippen LogP contribution in [-0.4, -0.2) is 18.9 Å². The van der Waals surface area contributed by atoms with Crippen molar-refractivity contribution in [2.24, 2.45) is 22.6 Å². The minimum atomic E-state index is -1.44. The molecule has 0 aromatic rings. The molecule has 64 valence electrons. The van der Waals surface area contributed by atoms with Crippen molar-refractivity contribution in [1.82, 2.24) is 0 Å². The first-order valence-corrected chi connectivity index (χ1v) is 3.39. The first-order valence-electron chi connectivity index (χ1n) is 3.39. The van der Waals surface area contributed by atoms with E-state index in [4.69, 9.17) is 17.2 Å². The van der Waals surface area contributed by atoms with E-state index >= 15 is 0 Å². The largest absolute Gasteiger partial charge is 0.468 e. The molecule has 0 bridgehead atoms. The van der Waals surface area contributed by atoms with Gasteiger partial charge in [0.1, 0.15) is 11.2 Å². The van der Waals surface area contributed by atoms with E-state index in [1.54, 1.807) is 0 Å². The summed E-state index contributed by atoms with van der Waals surface area (Å²) in [6.45, 7) is 0. The van der Waals surface area contributed by atoms with Crippen LogP contribution in [0, 0.1) is 5.41 Å². The van der Waals surface area contributed by atoms with Gasteiger partial charge in [-0.05, 0) is 12.8 Å². The lowest BCUT2D eigenvalue weighted by Crippen LogP contribution is -2.66. The molecular formula is C6H13N3O2. The van der Waals surface area contributed by atoms with Gasteiger partial charge in [-0.1, -0.05) is 0 Å². The molecule has 0 atom stereocenters. The van der Waals surface area contributed by atoms with Crippen LogP contribution in [0.5, 0.6) is 0 Å². The average molecular weight is 159 g/mol. The molecule has 0 aliphatic heterocycles. The SMILES string of the molecule is COC(=O)C1(C(N)(N)N)CC1. The zero-order valence-corrected chi connectivity index (χ0v) is 6.46. The fourth-order valence-corrected chi connectivity index (χ4v) is 1.13. The third kappa shape index (κ3) is 1.11. The highest BCUT2D eigenvalue weighted by Crippen LogP contribution is 2.50. The number of rotatable bonds is 2. The second-order valence-corrected chi connectivity index (χ2v) is 3.01. The van der Waals surface area contributed by atoms with Gasteiger partial charge in [0.05, 0.1) is 7.11 Å². The number of nitrogens with two attached hydrogens (primary N) is 3. The molecule has 0 aromatic carbocycles. The molecule has 11 heavy (non-hydrogen) atoms. The summed E-state index contributed by atoms with van der Waals surface area (Å²) in [4.78, 5) is 11.1. The normalized spacial score (nSPS) is 21.1. The van der Waals surface area contributed by atoms with Crippen LogP contribution in [-0.2, 0) is 9.53 Å². The lowest BCUT2D eigenvalue weighted by atomic mass is 9.99. The number of carbonyl (C=O) groups excluding carboxylic acids is 1. The first-order chi connectivity index (χ1) is 4.94. The third-order valence-corrected chi connectivity index (χ3v) is 2.16. The summed E-state index contributed by atoms with van der Waals surface area (Å²) in [5.74, 6) is -1.86. The molecule has 0 saturated heterocycles. The first kappa shape index (κ1) is 8.45. The van der Waals surface area contributed by atoms with E-state index in [9.17, 15) is 4.79 Å². The topological polar surface area (TPSA) is 104 Å². The number of carbonyl (C=O) groups is 1. The van der Waals surface area contributed by atoms with Crippen molar-refractivity contribution in [2.45, 2.75) is 18.6 Å². The molecule has 0 unspecified atom stereocenters. The van der Waals surface area contributed by atoms with Gasteiger partial charge < -0.3 is 21.9 Å². The van der Waals surface area contributed by atoms with E-state index in [0.717, 1.165) is 0 Å². The van der Waals surface area contributed by atoms with Gasteiger partial charge in [0.15, 0.2) is 0 Å². The standard InChI is InChI=1S/C6H13N3O2/c1-11-4(10)5(2-3-5)6(7,8)9/h2-3,7-9H2,1H3. The van der Waals surface area contributed by atoms with E-state index in [1.165, 1.54) is 7.11 Å². The number of ether oxygens (including phenoxy) is 1. The van der Waals surface area contributed by atoms with Crippen LogP contribution in [0.3, 0.4) is 0 Å². The van der Waals surface area contributed by atoms with Crippen molar-refractivity contribution >= 4 is 5.97 Å². The molecular weight excluding hydrogens is 146 g/mol. The van der Waals surface area contributed by atoms with Gasteiger partial charge in [-0.15, -0.1) is 0 Å². The Morgan fingerprint density at radius 1 is 1.45 bits per heavy atom. The summed E-state index contributed by atoms with van der Waals surface area (Å²) in [5, 5.41) is 0. The van der Waals surface area contributed by atoms with Crippen LogP contribution in [0.2, 0.25) is 0 Å². The van der Waals surface area contributed by atoms with Crippen LogP contribution in [0.1, 0.15) is 12.8 Å². The van der Waals surface area contributed by atoms with Gasteiger partial charge in [0, 0.05) is 0 Å². The summed E-state index contributed by atoms with van der Waals surface area (Å²) < 4.78 is 4.53. The van der Waals surface area contributed by atoms with E-state index < -0.39 is 17.2 Å². The highest BCUT2D eigenvalue weighted by molar-refractivity contribution is 5.81. The molecule has 1 fully saturated rings. The molecule has 5 heteroatoms. The van der Waals surface area contributed by atoms with Crippen LogP contribution in [0.15, 0.2) is 0 Å². The quantitative estimate of drug-likeness (QED) is 0.335. The van der Waals surface area contributed by atoms with Crippen LogP contribution >= 0.6 is 0 Å². The Hall–Kier alpha value is -0.650. The molecule has 1 aliphatic rings. The molecule has 1 rings (SSSR count). The Balaban J connectivity index is 2.76. The lowest BCUT2D eigenvalue weighted by molar-refractivity contribution is -0.150. The van der Waals surface area contributed by atoms with Crippen LogP contribution < -0.4 is 17.2 Å². The molecule has 0 aromatic heterocycles. The second-order valence-electron chi connectivity index (χ2n) is 3.01. The fraction of sp³-hybridized carbons (Fsp3) is 0.833. The molecule has 0 amide bonds. The highest BCUT2D eigenvalue weighted by atomic mass is 16.5. The van der Waals surface area contributed by atoms with Gasteiger partial charge in [0.2, 0.25) is 0 Å². The Morgan fingerprint density at radius 2 is 1.91 bits per heavy atom. The zero-order chi connectivity index (χ0) is 8.70. The molecule has 1 saturated carbocycles. The van der Waals surface area contributed by atoms with Gasteiger partial charge in [-0.3, -0.25) is 4.79 Å². The predicted octanol–water partition coefficient (Wildman–Crippen LogP) is -1.53. The van der Waals surface area contributed by atoms with E-state index in [2.05, 4.69) is 4.74 Å². The summed E-state index contributed by atoms with van der Waals surface area (Å²) in [6, 6.07) is 0. The van der Waals surface area contributed by atoms with Crippen LogP contribution in [0.4, 0.5) is 0 Å².